The third-order valence-electron chi connectivity index (χ3n) is 3.52. The Kier molecular flexibility index (Phi) is 3.25. The molecule has 0 spiro atoms. The largest absolute Gasteiger partial charge is 0.359 e. The Hall–Kier alpha value is -1.81. The van der Waals surface area contributed by atoms with Crippen LogP contribution in [0, 0.1) is 0 Å². The maximum absolute atomic E-state index is 11.6. The van der Waals surface area contributed by atoms with Crippen LogP contribution in [0.5, 0.6) is 0 Å². The number of hydrogen-bond donors (Lipinski definition) is 1. The lowest BCUT2D eigenvalue weighted by Gasteiger charge is -2.29. The molecule has 0 fully saturated rings. The summed E-state index contributed by atoms with van der Waals surface area (Å²) in [7, 11) is 1.66. The zero-order valence-electron chi connectivity index (χ0n) is 10.8. The monoisotopic (exact) mass is 272 g/mol. The van der Waals surface area contributed by atoms with Gasteiger partial charge in [-0.25, -0.2) is 0 Å². The van der Waals surface area contributed by atoms with Crippen molar-refractivity contribution >= 4 is 22.2 Å². The van der Waals surface area contributed by atoms with Gasteiger partial charge < -0.3 is 10.2 Å². The van der Waals surface area contributed by atoms with Crippen molar-refractivity contribution in [1.82, 2.24) is 5.32 Å². The van der Waals surface area contributed by atoms with Gasteiger partial charge in [-0.3, -0.25) is 4.79 Å². The van der Waals surface area contributed by atoms with E-state index in [4.69, 9.17) is 0 Å². The van der Waals surface area contributed by atoms with Crippen LogP contribution in [0.4, 0.5) is 5.00 Å². The molecule has 1 aromatic carbocycles. The van der Waals surface area contributed by atoms with E-state index in [0.29, 0.717) is 0 Å². The zero-order chi connectivity index (χ0) is 13.2. The minimum Gasteiger partial charge on any atom is -0.359 e. The van der Waals surface area contributed by atoms with E-state index < -0.39 is 0 Å². The Morgan fingerprint density at radius 1 is 1.32 bits per heavy atom. The molecule has 0 saturated heterocycles. The van der Waals surface area contributed by atoms with Crippen LogP contribution < -0.4 is 10.2 Å². The second-order valence-electron chi connectivity index (χ2n) is 4.69. The van der Waals surface area contributed by atoms with Crippen molar-refractivity contribution in [2.75, 3.05) is 18.5 Å². The summed E-state index contributed by atoms with van der Waals surface area (Å²) in [6.45, 7) is 1.95. The molecular formula is C15H16N2OS. The number of hydrogen-bond acceptors (Lipinski definition) is 3. The van der Waals surface area contributed by atoms with Crippen LogP contribution in [0.15, 0.2) is 35.7 Å². The molecule has 1 aromatic heterocycles. The van der Waals surface area contributed by atoms with Crippen molar-refractivity contribution in [2.45, 2.75) is 13.0 Å². The molecule has 1 amide bonds. The number of carbonyl (C=O) groups excluding carboxylic acids is 1. The lowest BCUT2D eigenvalue weighted by atomic mass is 10.0. The molecule has 0 aliphatic carbocycles. The highest BCUT2D eigenvalue weighted by atomic mass is 32.1. The summed E-state index contributed by atoms with van der Waals surface area (Å²) in [4.78, 5) is 13.9. The van der Waals surface area contributed by atoms with E-state index in [1.54, 1.807) is 18.4 Å². The van der Waals surface area contributed by atoms with Crippen LogP contribution >= 0.6 is 11.3 Å². The molecule has 19 heavy (non-hydrogen) atoms. The Balaban J connectivity index is 1.81. The summed E-state index contributed by atoms with van der Waals surface area (Å²) in [6.07, 6.45) is 1.07. The Morgan fingerprint density at radius 2 is 2.11 bits per heavy atom. The number of amides is 1. The van der Waals surface area contributed by atoms with Gasteiger partial charge in [0.1, 0.15) is 0 Å². The normalized spacial score (nSPS) is 14.1. The third kappa shape index (κ3) is 2.36. The summed E-state index contributed by atoms with van der Waals surface area (Å²) in [5.41, 5.74) is 3.59. The van der Waals surface area contributed by atoms with E-state index in [0.717, 1.165) is 25.1 Å². The van der Waals surface area contributed by atoms with E-state index in [1.165, 1.54) is 16.1 Å². The van der Waals surface area contributed by atoms with Crippen molar-refractivity contribution < 1.29 is 4.79 Å². The fourth-order valence-corrected chi connectivity index (χ4v) is 3.36. The number of nitrogens with one attached hydrogen (secondary N) is 1. The van der Waals surface area contributed by atoms with Crippen molar-refractivity contribution in [3.8, 4) is 0 Å². The van der Waals surface area contributed by atoms with Crippen LogP contribution in [0.3, 0.4) is 0 Å². The Bertz CT molecular complexity index is 606. The summed E-state index contributed by atoms with van der Waals surface area (Å²) in [6, 6.07) is 10.6. The highest BCUT2D eigenvalue weighted by Gasteiger charge is 2.18. The molecule has 2 heterocycles. The second-order valence-corrected chi connectivity index (χ2v) is 5.58. The minimum atomic E-state index is -0.0140. The predicted octanol–water partition coefficient (Wildman–Crippen LogP) is 2.67. The molecule has 3 nitrogen and oxygen atoms in total. The molecule has 1 N–H and O–H groups in total. The highest BCUT2D eigenvalue weighted by molar-refractivity contribution is 7.14. The molecule has 98 valence electrons. The summed E-state index contributed by atoms with van der Waals surface area (Å²) >= 11 is 1.64. The number of thiophene rings is 1. The van der Waals surface area contributed by atoms with Gasteiger partial charge in [-0.1, -0.05) is 24.3 Å². The van der Waals surface area contributed by atoms with Gasteiger partial charge in [0, 0.05) is 25.5 Å². The van der Waals surface area contributed by atoms with Gasteiger partial charge in [0.05, 0.1) is 10.6 Å². The van der Waals surface area contributed by atoms with E-state index in [1.807, 2.05) is 11.4 Å². The second kappa shape index (κ2) is 5.05. The molecule has 2 aromatic rings. The Morgan fingerprint density at radius 3 is 2.89 bits per heavy atom. The van der Waals surface area contributed by atoms with E-state index in [-0.39, 0.29) is 5.91 Å². The van der Waals surface area contributed by atoms with Crippen LogP contribution in [0.25, 0.3) is 0 Å². The van der Waals surface area contributed by atoms with Crippen molar-refractivity contribution in [1.29, 1.82) is 0 Å². The average molecular weight is 272 g/mol. The molecular weight excluding hydrogens is 256 g/mol. The van der Waals surface area contributed by atoms with E-state index in [2.05, 4.69) is 34.5 Å². The molecule has 0 unspecified atom stereocenters. The quantitative estimate of drug-likeness (QED) is 0.911. The molecule has 0 atom stereocenters. The van der Waals surface area contributed by atoms with Gasteiger partial charge in [0.2, 0.25) is 0 Å². The van der Waals surface area contributed by atoms with Crippen molar-refractivity contribution in [3.05, 3.63) is 52.4 Å². The molecule has 1 aliphatic heterocycles. The maximum atomic E-state index is 11.6. The lowest BCUT2D eigenvalue weighted by Crippen LogP contribution is -2.29. The van der Waals surface area contributed by atoms with Gasteiger partial charge in [-0.2, -0.15) is 0 Å². The number of carbonyl (C=O) groups is 1. The third-order valence-corrected chi connectivity index (χ3v) is 4.51. The topological polar surface area (TPSA) is 32.3 Å². The fourth-order valence-electron chi connectivity index (χ4n) is 2.44. The number of rotatable bonds is 2. The first kappa shape index (κ1) is 12.2. The van der Waals surface area contributed by atoms with Gasteiger partial charge in [-0.15, -0.1) is 11.3 Å². The van der Waals surface area contributed by atoms with Crippen LogP contribution in [-0.2, 0) is 13.0 Å². The predicted molar refractivity (Wildman–Crippen MR) is 78.9 cm³/mol. The molecule has 0 bridgehead atoms. The van der Waals surface area contributed by atoms with Gasteiger partial charge in [-0.05, 0) is 23.6 Å². The number of benzene rings is 1. The van der Waals surface area contributed by atoms with Crippen molar-refractivity contribution in [2.24, 2.45) is 0 Å². The Labute approximate surface area is 116 Å². The van der Waals surface area contributed by atoms with Gasteiger partial charge in [0.25, 0.3) is 5.91 Å². The number of fused-ring (bicyclic) bond motifs is 1. The summed E-state index contributed by atoms with van der Waals surface area (Å²) in [5, 5.41) is 5.76. The first-order valence-corrected chi connectivity index (χ1v) is 7.28. The van der Waals surface area contributed by atoms with Crippen LogP contribution in [-0.4, -0.2) is 19.5 Å². The smallest absolute Gasteiger partial charge is 0.251 e. The molecule has 1 aliphatic rings. The molecule has 3 rings (SSSR count). The van der Waals surface area contributed by atoms with Gasteiger partial charge in [0.15, 0.2) is 0 Å². The highest BCUT2D eigenvalue weighted by Crippen LogP contribution is 2.29. The van der Waals surface area contributed by atoms with Crippen LogP contribution in [0.1, 0.15) is 21.5 Å². The number of anilines is 1. The number of nitrogens with zero attached hydrogens (tertiary/aromatic N) is 1. The lowest BCUT2D eigenvalue weighted by molar-refractivity contribution is 0.0963. The average Bonchev–Trinajstić information content (AvgIpc) is 2.95. The standard InChI is InChI=1S/C15H16N2OS/c1-16-15(18)13-8-14(19-10-13)17-7-6-11-4-2-3-5-12(11)9-17/h2-5,8,10H,6-7,9H2,1H3,(H,16,18). The van der Waals surface area contributed by atoms with E-state index >= 15 is 0 Å². The fraction of sp³-hybridized carbons (Fsp3) is 0.267. The maximum Gasteiger partial charge on any atom is 0.251 e. The molecule has 4 heteroatoms. The first-order valence-electron chi connectivity index (χ1n) is 6.40. The molecule has 0 saturated carbocycles. The van der Waals surface area contributed by atoms with Crippen LogP contribution in [0.2, 0.25) is 0 Å². The summed E-state index contributed by atoms with van der Waals surface area (Å²) in [5.74, 6) is -0.0140. The van der Waals surface area contributed by atoms with Crippen molar-refractivity contribution in [3.63, 3.8) is 0 Å². The SMILES string of the molecule is CNC(=O)c1csc(N2CCc3ccccc3C2)c1. The summed E-state index contributed by atoms with van der Waals surface area (Å²) < 4.78 is 0. The van der Waals surface area contributed by atoms with Gasteiger partial charge >= 0.3 is 0 Å². The molecule has 0 radical (unpaired) electrons. The zero-order valence-corrected chi connectivity index (χ0v) is 11.7. The first-order chi connectivity index (χ1) is 9.28. The van der Waals surface area contributed by atoms with E-state index in [9.17, 15) is 4.79 Å². The minimum absolute atomic E-state index is 0.0140.